The minimum atomic E-state index is -4.47. The summed E-state index contributed by atoms with van der Waals surface area (Å²) < 4.78 is 36.2. The molecule has 1 amide bonds. The van der Waals surface area contributed by atoms with Crippen LogP contribution in [0, 0.1) is 0 Å². The summed E-state index contributed by atoms with van der Waals surface area (Å²) >= 11 is 0. The smallest absolute Gasteiger partial charge is 0.397 e. The van der Waals surface area contributed by atoms with Crippen LogP contribution in [-0.4, -0.2) is 54.0 Å². The first kappa shape index (κ1) is 33.8. The third-order valence-corrected chi connectivity index (χ3v) is 6.77. The van der Waals surface area contributed by atoms with Gasteiger partial charge in [0.2, 0.25) is 5.91 Å². The number of amides is 1. The van der Waals surface area contributed by atoms with Crippen LogP contribution in [0.3, 0.4) is 0 Å². The van der Waals surface area contributed by atoms with E-state index in [4.69, 9.17) is 13.8 Å². The Bertz CT molecular complexity index is 632. The third kappa shape index (κ3) is 23.0. The van der Waals surface area contributed by atoms with Crippen molar-refractivity contribution in [3.05, 3.63) is 0 Å². The highest BCUT2D eigenvalue weighted by Crippen LogP contribution is 2.18. The van der Waals surface area contributed by atoms with Gasteiger partial charge in [0.1, 0.15) is 0 Å². The summed E-state index contributed by atoms with van der Waals surface area (Å²) in [7, 11) is -4.47. The highest BCUT2D eigenvalue weighted by Gasteiger charge is 2.17. The molecule has 0 saturated carbocycles. The van der Waals surface area contributed by atoms with Crippen molar-refractivity contribution in [1.29, 1.82) is 0 Å². The summed E-state index contributed by atoms with van der Waals surface area (Å²) in [6, 6.07) is 0. The van der Waals surface area contributed by atoms with Crippen LogP contribution in [-0.2, 0) is 24.2 Å². The van der Waals surface area contributed by atoms with Crippen molar-refractivity contribution in [3.8, 4) is 0 Å². The maximum absolute atomic E-state index is 12.5. The van der Waals surface area contributed by atoms with E-state index in [2.05, 4.69) is 13.8 Å². The fourth-order valence-corrected chi connectivity index (χ4v) is 4.70. The molecule has 0 aliphatic heterocycles. The first-order valence-electron chi connectivity index (χ1n) is 13.8. The predicted molar refractivity (Wildman–Crippen MR) is 140 cm³/mol. The van der Waals surface area contributed by atoms with Gasteiger partial charge in [-0.3, -0.25) is 14.1 Å². The Labute approximate surface area is 214 Å². The van der Waals surface area contributed by atoms with Crippen LogP contribution < -0.4 is 0 Å². The molecule has 0 rings (SSSR count). The summed E-state index contributed by atoms with van der Waals surface area (Å²) in [6.45, 7) is 6.03. The fourth-order valence-electron chi connectivity index (χ4n) is 4.16. The molecule has 9 heteroatoms. The molecule has 0 fully saturated rings. The SMILES string of the molecule is CCCCN(CCCC)C(=O)CCCCCCCC[C@@H](CCCCCCCC(=O)O)OS(=O)(=O)O. The molecular formula is C26H51NO7S. The molecule has 2 N–H and O–H groups in total. The van der Waals surface area contributed by atoms with E-state index in [1.54, 1.807) is 0 Å². The molecule has 0 aliphatic rings. The third-order valence-electron chi connectivity index (χ3n) is 6.26. The van der Waals surface area contributed by atoms with E-state index in [1.807, 2.05) is 4.90 Å². The number of nitrogens with zero attached hydrogens (tertiary/aromatic N) is 1. The zero-order chi connectivity index (χ0) is 26.4. The van der Waals surface area contributed by atoms with Gasteiger partial charge in [0.05, 0.1) is 6.10 Å². The highest BCUT2D eigenvalue weighted by atomic mass is 32.3. The lowest BCUT2D eigenvalue weighted by Crippen LogP contribution is -2.32. The van der Waals surface area contributed by atoms with E-state index < -0.39 is 22.5 Å². The van der Waals surface area contributed by atoms with Gasteiger partial charge >= 0.3 is 16.4 Å². The Morgan fingerprint density at radius 2 is 1.14 bits per heavy atom. The van der Waals surface area contributed by atoms with E-state index in [1.165, 1.54) is 0 Å². The van der Waals surface area contributed by atoms with Crippen molar-refractivity contribution < 1.29 is 31.8 Å². The lowest BCUT2D eigenvalue weighted by molar-refractivity contribution is -0.137. The number of carboxylic acid groups (broad SMARTS) is 1. The molecule has 0 radical (unpaired) electrons. The van der Waals surface area contributed by atoms with Crippen molar-refractivity contribution >= 4 is 22.3 Å². The molecule has 1 atom stereocenters. The second kappa shape index (κ2) is 22.0. The number of aliphatic carboxylic acids is 1. The number of unbranched alkanes of at least 4 members (excludes halogenated alkanes) is 11. The molecule has 0 aromatic carbocycles. The van der Waals surface area contributed by atoms with Crippen molar-refractivity contribution in [3.63, 3.8) is 0 Å². The molecule has 0 aliphatic carbocycles. The molecule has 0 bridgehead atoms. The van der Waals surface area contributed by atoms with Crippen molar-refractivity contribution in [2.24, 2.45) is 0 Å². The highest BCUT2D eigenvalue weighted by molar-refractivity contribution is 7.80. The summed E-state index contributed by atoms with van der Waals surface area (Å²) in [6.07, 6.45) is 15.6. The average molecular weight is 522 g/mol. The zero-order valence-corrected chi connectivity index (χ0v) is 23.0. The van der Waals surface area contributed by atoms with Gasteiger partial charge in [-0.05, 0) is 38.5 Å². The van der Waals surface area contributed by atoms with Gasteiger partial charge in [0.15, 0.2) is 0 Å². The van der Waals surface area contributed by atoms with Crippen LogP contribution >= 0.6 is 0 Å². The maximum Gasteiger partial charge on any atom is 0.397 e. The number of hydrogen-bond acceptors (Lipinski definition) is 5. The number of carbonyl (C=O) groups is 2. The lowest BCUT2D eigenvalue weighted by Gasteiger charge is -2.22. The molecule has 0 aromatic heterocycles. The summed E-state index contributed by atoms with van der Waals surface area (Å²) in [4.78, 5) is 25.0. The summed E-state index contributed by atoms with van der Waals surface area (Å²) in [5.41, 5.74) is 0. The minimum absolute atomic E-state index is 0.182. The van der Waals surface area contributed by atoms with Crippen LogP contribution in [0.2, 0.25) is 0 Å². The molecular weight excluding hydrogens is 470 g/mol. The van der Waals surface area contributed by atoms with Gasteiger partial charge in [-0.2, -0.15) is 8.42 Å². The Hall–Kier alpha value is -1.19. The first-order valence-corrected chi connectivity index (χ1v) is 15.2. The molecule has 0 spiro atoms. The van der Waals surface area contributed by atoms with Gasteiger partial charge in [0.25, 0.3) is 0 Å². The average Bonchev–Trinajstić information content (AvgIpc) is 2.78. The van der Waals surface area contributed by atoms with Crippen LogP contribution in [0.5, 0.6) is 0 Å². The van der Waals surface area contributed by atoms with Crippen LogP contribution in [0.15, 0.2) is 0 Å². The standard InChI is InChI=1S/C26H51NO7S/c1-3-5-22-27(23-6-4-2)25(28)20-16-12-8-7-10-14-18-24(34-35(31,32)33)19-15-11-9-13-17-21-26(29)30/h24H,3-23H2,1-2H3,(H,29,30)(H,31,32,33)/t24-/m0/s1. The maximum atomic E-state index is 12.5. The van der Waals surface area contributed by atoms with Crippen molar-refractivity contribution in [2.75, 3.05) is 13.1 Å². The monoisotopic (exact) mass is 521 g/mol. The molecule has 0 unspecified atom stereocenters. The van der Waals surface area contributed by atoms with Gasteiger partial charge in [-0.25, -0.2) is 4.18 Å². The molecule has 0 saturated heterocycles. The Morgan fingerprint density at radius 1 is 0.714 bits per heavy atom. The Balaban J connectivity index is 4.01. The Morgan fingerprint density at radius 3 is 1.57 bits per heavy atom. The van der Waals surface area contributed by atoms with Gasteiger partial charge in [0, 0.05) is 25.9 Å². The van der Waals surface area contributed by atoms with Crippen molar-refractivity contribution in [2.45, 2.75) is 142 Å². The Kier molecular flexibility index (Phi) is 21.3. The van der Waals surface area contributed by atoms with E-state index in [0.717, 1.165) is 103 Å². The van der Waals surface area contributed by atoms with Gasteiger partial charge in [-0.15, -0.1) is 0 Å². The number of rotatable bonds is 25. The predicted octanol–water partition coefficient (Wildman–Crippen LogP) is 6.54. The molecule has 35 heavy (non-hydrogen) atoms. The second-order valence-electron chi connectivity index (χ2n) is 9.59. The molecule has 0 heterocycles. The normalized spacial score (nSPS) is 12.5. The minimum Gasteiger partial charge on any atom is -0.481 e. The number of carboxylic acids is 1. The lowest BCUT2D eigenvalue weighted by atomic mass is 10.0. The fraction of sp³-hybridized carbons (Fsp3) is 0.923. The van der Waals surface area contributed by atoms with E-state index in [0.29, 0.717) is 25.7 Å². The molecule has 8 nitrogen and oxygen atoms in total. The van der Waals surface area contributed by atoms with E-state index in [9.17, 15) is 18.0 Å². The summed E-state index contributed by atoms with van der Waals surface area (Å²) in [5, 5.41) is 8.64. The van der Waals surface area contributed by atoms with Crippen LogP contribution in [0.4, 0.5) is 0 Å². The van der Waals surface area contributed by atoms with Gasteiger partial charge in [-0.1, -0.05) is 84.5 Å². The number of hydrogen-bond donors (Lipinski definition) is 2. The van der Waals surface area contributed by atoms with Crippen LogP contribution in [0.1, 0.15) is 136 Å². The van der Waals surface area contributed by atoms with Gasteiger partial charge < -0.3 is 10.0 Å². The zero-order valence-electron chi connectivity index (χ0n) is 22.2. The molecule has 0 aromatic rings. The number of carbonyl (C=O) groups excluding carboxylic acids is 1. The van der Waals surface area contributed by atoms with E-state index >= 15 is 0 Å². The quantitative estimate of drug-likeness (QED) is 0.103. The second-order valence-corrected chi connectivity index (χ2v) is 10.6. The van der Waals surface area contributed by atoms with E-state index in [-0.39, 0.29) is 12.3 Å². The summed E-state index contributed by atoms with van der Waals surface area (Å²) in [5.74, 6) is -0.504. The van der Waals surface area contributed by atoms with Crippen LogP contribution in [0.25, 0.3) is 0 Å². The van der Waals surface area contributed by atoms with Crippen molar-refractivity contribution in [1.82, 2.24) is 4.90 Å². The topological polar surface area (TPSA) is 121 Å². The molecule has 208 valence electrons. The largest absolute Gasteiger partial charge is 0.481 e. The first-order chi connectivity index (χ1) is 16.7.